The molecule has 0 saturated carbocycles. The minimum Gasteiger partial charge on any atom is -0.457 e. The van der Waals surface area contributed by atoms with E-state index in [0.717, 1.165) is 44.7 Å². The summed E-state index contributed by atoms with van der Waals surface area (Å²) in [6.07, 6.45) is 0. The molecule has 0 heterocycles. The predicted octanol–water partition coefficient (Wildman–Crippen LogP) is 17.1. The average Bonchev–Trinajstić information content (AvgIpc) is 3.23. The van der Waals surface area contributed by atoms with Crippen LogP contribution in [0.2, 0.25) is 0 Å². The lowest BCUT2D eigenvalue weighted by Crippen LogP contribution is -2.07. The number of rotatable bonds is 10. The molecule has 2 nitrogen and oxygen atoms in total. The molecule has 0 amide bonds. The van der Waals surface area contributed by atoms with Crippen LogP contribution in [0.25, 0.3) is 65.3 Å². The molecule has 58 heavy (non-hydrogen) atoms. The Kier molecular flexibility index (Phi) is 9.68. The van der Waals surface area contributed by atoms with E-state index in [4.69, 9.17) is 9.47 Å². The van der Waals surface area contributed by atoms with Gasteiger partial charge in [-0.05, 0) is 120 Å². The predicted molar refractivity (Wildman–Crippen MR) is 248 cm³/mol. The first-order valence-electron chi connectivity index (χ1n) is 21.0. The Morgan fingerprint density at radius 1 is 0.310 bits per heavy atom. The van der Waals surface area contributed by atoms with Gasteiger partial charge in [-0.2, -0.15) is 0 Å². The van der Waals surface area contributed by atoms with Gasteiger partial charge in [-0.25, -0.2) is 0 Å². The average molecular weight is 757 g/mol. The molecule has 0 aliphatic carbocycles. The van der Waals surface area contributed by atoms with Crippen LogP contribution in [0.15, 0.2) is 146 Å². The second kappa shape index (κ2) is 15.0. The summed E-state index contributed by atoms with van der Waals surface area (Å²) in [5.74, 6) is 4.43. The Morgan fingerprint density at radius 2 is 0.759 bits per heavy atom. The lowest BCUT2D eigenvalue weighted by Gasteiger charge is -2.30. The fourth-order valence-electron chi connectivity index (χ4n) is 9.41. The topological polar surface area (TPSA) is 18.5 Å². The maximum atomic E-state index is 7.58. The summed E-state index contributed by atoms with van der Waals surface area (Å²) in [7, 11) is 0. The SMILES string of the molecule is CC(C)c1cccc(C(C)C)c1-c1c(-c2c(C(C)C)cccc2C(C)C)c2ccc(Oc3ccccc3)c3c4cccc5cccc(c(c1Oc1ccccc1)c23)c54. The van der Waals surface area contributed by atoms with Crippen LogP contribution in [-0.4, -0.2) is 0 Å². The van der Waals surface area contributed by atoms with Crippen molar-refractivity contribution in [3.8, 4) is 45.3 Å². The van der Waals surface area contributed by atoms with Gasteiger partial charge in [0.1, 0.15) is 23.0 Å². The molecular weight excluding hydrogens is 705 g/mol. The van der Waals surface area contributed by atoms with Gasteiger partial charge in [0.15, 0.2) is 0 Å². The van der Waals surface area contributed by atoms with Gasteiger partial charge in [0.05, 0.1) is 0 Å². The molecule has 9 rings (SSSR count). The van der Waals surface area contributed by atoms with E-state index in [9.17, 15) is 0 Å². The Balaban J connectivity index is 1.64. The van der Waals surface area contributed by atoms with E-state index < -0.39 is 0 Å². The molecule has 0 spiro atoms. The van der Waals surface area contributed by atoms with Gasteiger partial charge >= 0.3 is 0 Å². The largest absolute Gasteiger partial charge is 0.457 e. The quantitative estimate of drug-likeness (QED) is 0.102. The smallest absolute Gasteiger partial charge is 0.144 e. The minimum atomic E-state index is 0.268. The highest BCUT2D eigenvalue weighted by molar-refractivity contribution is 6.38. The standard InChI is InChI=1S/C56H52O2/c1-33(2)40-25-17-26-41(34(3)4)49(40)52-46-31-32-47(57-38-21-11-9-12-22-38)51-44-29-15-19-37-20-16-30-45(48(37)44)54(53(46)51)56(58-39-23-13-10-14-24-39)55(52)50-42(35(5)6)27-18-28-43(50)36(7)8/h9-36H,1-8H3. The van der Waals surface area contributed by atoms with Crippen molar-refractivity contribution in [3.63, 3.8) is 0 Å². The minimum absolute atomic E-state index is 0.268. The third kappa shape index (κ3) is 6.18. The number of ether oxygens (including phenoxy) is 2. The van der Waals surface area contributed by atoms with Gasteiger partial charge in [0, 0.05) is 27.3 Å². The zero-order valence-electron chi connectivity index (χ0n) is 35.0. The molecule has 288 valence electrons. The van der Waals surface area contributed by atoms with Gasteiger partial charge in [0.2, 0.25) is 0 Å². The Labute approximate surface area is 343 Å². The van der Waals surface area contributed by atoms with E-state index in [2.05, 4.69) is 171 Å². The van der Waals surface area contributed by atoms with E-state index in [0.29, 0.717) is 0 Å². The van der Waals surface area contributed by atoms with Gasteiger partial charge in [-0.3, -0.25) is 0 Å². The molecule has 0 N–H and O–H groups in total. The summed E-state index contributed by atoms with van der Waals surface area (Å²) in [6.45, 7) is 18.6. The number of hydrogen-bond donors (Lipinski definition) is 0. The summed E-state index contributed by atoms with van der Waals surface area (Å²) in [5.41, 5.74) is 10.3. The highest BCUT2D eigenvalue weighted by Gasteiger charge is 2.32. The first-order chi connectivity index (χ1) is 28.1. The zero-order valence-corrected chi connectivity index (χ0v) is 35.0. The molecule has 0 unspecified atom stereocenters. The summed E-state index contributed by atoms with van der Waals surface area (Å²) in [5, 5.41) is 9.33. The highest BCUT2D eigenvalue weighted by atomic mass is 16.5. The number of fused-ring (bicyclic) bond motifs is 2. The lowest BCUT2D eigenvalue weighted by molar-refractivity contribution is 0.488. The number of benzene rings is 9. The van der Waals surface area contributed by atoms with Crippen molar-refractivity contribution in [2.75, 3.05) is 0 Å². The summed E-state index contributed by atoms with van der Waals surface area (Å²) >= 11 is 0. The molecule has 0 aliphatic rings. The summed E-state index contributed by atoms with van der Waals surface area (Å²) < 4.78 is 14.5. The number of para-hydroxylation sites is 2. The van der Waals surface area contributed by atoms with Crippen LogP contribution in [0.4, 0.5) is 0 Å². The maximum Gasteiger partial charge on any atom is 0.144 e. The summed E-state index contributed by atoms with van der Waals surface area (Å²) in [6, 6.07) is 52.4. The molecule has 9 aromatic rings. The highest BCUT2D eigenvalue weighted by Crippen LogP contribution is 2.58. The summed E-state index contributed by atoms with van der Waals surface area (Å²) in [4.78, 5) is 0. The van der Waals surface area contributed by atoms with Gasteiger partial charge in [0.25, 0.3) is 0 Å². The molecule has 0 atom stereocenters. The first kappa shape index (κ1) is 37.5. The molecule has 0 bridgehead atoms. The van der Waals surface area contributed by atoms with Crippen molar-refractivity contribution in [2.24, 2.45) is 0 Å². The monoisotopic (exact) mass is 756 g/mol. The van der Waals surface area contributed by atoms with E-state index in [1.807, 2.05) is 30.3 Å². The fourth-order valence-corrected chi connectivity index (χ4v) is 9.41. The van der Waals surface area contributed by atoms with Crippen molar-refractivity contribution in [2.45, 2.75) is 79.1 Å². The zero-order chi connectivity index (χ0) is 40.2. The van der Waals surface area contributed by atoms with Crippen LogP contribution in [0.1, 0.15) is 101 Å². The van der Waals surface area contributed by atoms with E-state index in [1.54, 1.807) is 0 Å². The van der Waals surface area contributed by atoms with Crippen LogP contribution in [0, 0.1) is 0 Å². The van der Waals surface area contributed by atoms with E-state index in [1.165, 1.54) is 65.9 Å². The molecular formula is C56H52O2. The van der Waals surface area contributed by atoms with Crippen molar-refractivity contribution in [1.82, 2.24) is 0 Å². The Hall–Kier alpha value is -6.12. The van der Waals surface area contributed by atoms with Crippen molar-refractivity contribution >= 4 is 43.1 Å². The molecule has 0 fully saturated rings. The third-order valence-corrected chi connectivity index (χ3v) is 12.0. The second-order valence-electron chi connectivity index (χ2n) is 17.1. The molecule has 0 aliphatic heterocycles. The van der Waals surface area contributed by atoms with Crippen molar-refractivity contribution in [1.29, 1.82) is 0 Å². The molecule has 0 aromatic heterocycles. The van der Waals surface area contributed by atoms with Crippen LogP contribution in [-0.2, 0) is 0 Å². The third-order valence-electron chi connectivity index (χ3n) is 12.0. The van der Waals surface area contributed by atoms with Crippen LogP contribution >= 0.6 is 0 Å². The Morgan fingerprint density at radius 3 is 1.26 bits per heavy atom. The van der Waals surface area contributed by atoms with Crippen molar-refractivity contribution in [3.05, 3.63) is 168 Å². The first-order valence-corrected chi connectivity index (χ1v) is 21.0. The normalized spacial score (nSPS) is 12.1. The Bertz CT molecular complexity index is 2880. The second-order valence-corrected chi connectivity index (χ2v) is 17.1. The maximum absolute atomic E-state index is 7.58. The van der Waals surface area contributed by atoms with Gasteiger partial charge in [-0.1, -0.05) is 165 Å². The molecule has 0 saturated heterocycles. The van der Waals surface area contributed by atoms with Gasteiger partial charge < -0.3 is 9.47 Å². The lowest BCUT2D eigenvalue weighted by atomic mass is 9.75. The van der Waals surface area contributed by atoms with E-state index >= 15 is 0 Å². The van der Waals surface area contributed by atoms with Gasteiger partial charge in [-0.15, -0.1) is 0 Å². The van der Waals surface area contributed by atoms with Crippen LogP contribution in [0.5, 0.6) is 23.0 Å². The molecule has 9 aromatic carbocycles. The van der Waals surface area contributed by atoms with Crippen LogP contribution < -0.4 is 9.47 Å². The van der Waals surface area contributed by atoms with Crippen molar-refractivity contribution < 1.29 is 9.47 Å². The van der Waals surface area contributed by atoms with Crippen LogP contribution in [0.3, 0.4) is 0 Å². The molecule has 0 radical (unpaired) electrons. The molecule has 2 heteroatoms. The fraction of sp³-hybridized carbons (Fsp3) is 0.214. The van der Waals surface area contributed by atoms with E-state index in [-0.39, 0.29) is 23.7 Å². The number of hydrogen-bond acceptors (Lipinski definition) is 2.